The molecule has 1 unspecified atom stereocenters. The number of hydrogen-bond acceptors (Lipinski definition) is 11. The van der Waals surface area contributed by atoms with Crippen LogP contribution in [0.4, 0.5) is 17.3 Å². The van der Waals surface area contributed by atoms with Crippen LogP contribution in [0.2, 0.25) is 0 Å². The third-order valence-electron chi connectivity index (χ3n) is 11.5. The van der Waals surface area contributed by atoms with E-state index in [9.17, 15) is 22.8 Å². The largest absolute Gasteiger partial charge is 0.489 e. The van der Waals surface area contributed by atoms with Crippen LogP contribution >= 0.6 is 0 Å². The number of carbonyl (C=O) groups excluding carboxylic acids is 3. The summed E-state index contributed by atoms with van der Waals surface area (Å²) >= 11 is 0. The van der Waals surface area contributed by atoms with E-state index in [1.807, 2.05) is 32.0 Å². The molecular formula is C39H42N10O6S. The van der Waals surface area contributed by atoms with Gasteiger partial charge in [0.25, 0.3) is 5.91 Å². The van der Waals surface area contributed by atoms with E-state index < -0.39 is 22.0 Å². The highest BCUT2D eigenvalue weighted by molar-refractivity contribution is 7.89. The molecule has 1 aliphatic carbocycles. The molecule has 6 heterocycles. The van der Waals surface area contributed by atoms with Crippen molar-refractivity contribution in [1.29, 1.82) is 0 Å². The van der Waals surface area contributed by atoms with E-state index in [0.29, 0.717) is 60.6 Å². The second kappa shape index (κ2) is 13.7. The van der Waals surface area contributed by atoms with Crippen molar-refractivity contribution in [1.82, 2.24) is 39.7 Å². The Hall–Kier alpha value is -5.81. The molecule has 9 rings (SSSR count). The number of piperidine rings is 1. The molecule has 0 radical (unpaired) electrons. The normalized spacial score (nSPS) is 19.2. The number of sulfonamides is 1. The second-order valence-corrected chi connectivity index (χ2v) is 17.1. The number of rotatable bonds is 12. The maximum Gasteiger partial charge on any atom is 0.255 e. The van der Waals surface area contributed by atoms with Crippen LogP contribution in [0.15, 0.2) is 66.0 Å². The number of pyridine rings is 1. The number of aromatic nitrogens is 5. The first-order valence-electron chi connectivity index (χ1n) is 18.9. The number of carbonyl (C=O) groups is 3. The number of imide groups is 1. The monoisotopic (exact) mass is 778 g/mol. The second-order valence-electron chi connectivity index (χ2n) is 15.3. The summed E-state index contributed by atoms with van der Waals surface area (Å²) in [6.07, 6.45) is 8.74. The summed E-state index contributed by atoms with van der Waals surface area (Å²) in [5.41, 5.74) is 6.48. The third-order valence-corrected chi connectivity index (χ3v) is 13.0. The Morgan fingerprint density at radius 2 is 1.89 bits per heavy atom. The van der Waals surface area contributed by atoms with E-state index in [0.717, 1.165) is 60.3 Å². The molecule has 3 aliphatic heterocycles. The lowest BCUT2D eigenvalue weighted by Crippen LogP contribution is -2.62. The number of H-pyrrole nitrogens is 1. The fraction of sp³-hybridized carbons (Fsp3) is 0.385. The Kier molecular flexibility index (Phi) is 8.80. The lowest BCUT2D eigenvalue weighted by Gasteiger charge is -2.60. The third kappa shape index (κ3) is 6.43. The number of amides is 3. The summed E-state index contributed by atoms with van der Waals surface area (Å²) in [6.45, 7) is 6.76. The van der Waals surface area contributed by atoms with Crippen molar-refractivity contribution < 1.29 is 27.5 Å². The van der Waals surface area contributed by atoms with Gasteiger partial charge in [-0.15, -0.1) is 5.10 Å². The standard InChI is InChI=1S/C39H42N10O6S/c1-3-55-34-29(26-18-40-41-19-26)11-13-49-35(34)45-38(46-49)43-31-7-5-28(14-23(31)2)56(53,54)42-12-10-24-16-39(17-24)21-47(22-39)27-4-6-30-25(15-27)20-48(37(30)52)32-8-9-33(50)44-36(32)51/h4-7,11,13-15,18-19,24,32,42H,3,8-10,12,16-17,20-22H2,1-2H3,(H,40,41)(H,43,46)(H,44,50,51). The van der Waals surface area contributed by atoms with Gasteiger partial charge in [-0.2, -0.15) is 10.1 Å². The van der Waals surface area contributed by atoms with E-state index >= 15 is 0 Å². The van der Waals surface area contributed by atoms with Crippen LogP contribution in [0.5, 0.6) is 5.75 Å². The lowest BCUT2D eigenvalue weighted by molar-refractivity contribution is -0.136. The van der Waals surface area contributed by atoms with Crippen LogP contribution < -0.4 is 25.0 Å². The van der Waals surface area contributed by atoms with Gasteiger partial charge in [0.2, 0.25) is 27.8 Å². The molecule has 1 saturated carbocycles. The number of fused-ring (bicyclic) bond motifs is 2. The molecule has 3 fully saturated rings. The molecule has 2 aromatic carbocycles. The average Bonchev–Trinajstić information content (AvgIpc) is 3.89. The first-order chi connectivity index (χ1) is 27.0. The van der Waals surface area contributed by atoms with Crippen molar-refractivity contribution in [3.63, 3.8) is 0 Å². The predicted octanol–water partition coefficient (Wildman–Crippen LogP) is 3.92. The molecule has 1 spiro atoms. The zero-order valence-corrected chi connectivity index (χ0v) is 31.9. The minimum Gasteiger partial charge on any atom is -0.489 e. The number of aromatic amines is 1. The van der Waals surface area contributed by atoms with Crippen molar-refractivity contribution >= 4 is 50.7 Å². The molecule has 3 amide bonds. The first-order valence-corrected chi connectivity index (χ1v) is 20.4. The summed E-state index contributed by atoms with van der Waals surface area (Å²) in [5.74, 6) is 0.512. The number of aryl methyl sites for hydroxylation is 1. The first kappa shape index (κ1) is 35.9. The number of anilines is 3. The van der Waals surface area contributed by atoms with Crippen molar-refractivity contribution in [3.05, 3.63) is 77.7 Å². The fourth-order valence-electron chi connectivity index (χ4n) is 8.76. The Morgan fingerprint density at radius 3 is 2.64 bits per heavy atom. The molecule has 0 bridgehead atoms. The van der Waals surface area contributed by atoms with Gasteiger partial charge in [-0.05, 0) is 99.0 Å². The van der Waals surface area contributed by atoms with Crippen LogP contribution in [0.1, 0.15) is 60.5 Å². The van der Waals surface area contributed by atoms with Gasteiger partial charge in [-0.1, -0.05) is 0 Å². The molecule has 2 saturated heterocycles. The van der Waals surface area contributed by atoms with Crippen LogP contribution in [-0.2, 0) is 26.2 Å². The smallest absolute Gasteiger partial charge is 0.255 e. The molecule has 3 aromatic heterocycles. The molecule has 1 atom stereocenters. The van der Waals surface area contributed by atoms with Crippen molar-refractivity contribution in [2.45, 2.75) is 63.4 Å². The van der Waals surface area contributed by atoms with Gasteiger partial charge < -0.3 is 19.9 Å². The summed E-state index contributed by atoms with van der Waals surface area (Å²) in [6, 6.07) is 12.1. The van der Waals surface area contributed by atoms with Gasteiger partial charge in [0.1, 0.15) is 6.04 Å². The summed E-state index contributed by atoms with van der Waals surface area (Å²) < 4.78 is 37.0. The topological polar surface area (TPSA) is 196 Å². The number of benzene rings is 2. The SMILES string of the molecule is CCOc1c(-c2cn[nH]c2)ccn2nc(Nc3ccc(S(=O)(=O)NCCC4CC5(C4)CN(c4ccc6c(c4)CN(C4CCC(=O)NC4=O)C6=O)C5)cc3C)nc12. The minimum absolute atomic E-state index is 0.168. The van der Waals surface area contributed by atoms with Gasteiger partial charge in [-0.25, -0.2) is 17.7 Å². The quantitative estimate of drug-likeness (QED) is 0.134. The van der Waals surface area contributed by atoms with Crippen LogP contribution in [0.25, 0.3) is 16.8 Å². The average molecular weight is 779 g/mol. The molecule has 290 valence electrons. The van der Waals surface area contributed by atoms with E-state index in [1.165, 1.54) is 0 Å². The number of nitrogens with one attached hydrogen (secondary N) is 4. The lowest BCUT2D eigenvalue weighted by atomic mass is 9.57. The Balaban J connectivity index is 0.760. The fourth-order valence-corrected chi connectivity index (χ4v) is 9.90. The number of hydrogen-bond donors (Lipinski definition) is 4. The Morgan fingerprint density at radius 1 is 1.05 bits per heavy atom. The van der Waals surface area contributed by atoms with E-state index in [2.05, 4.69) is 46.6 Å². The van der Waals surface area contributed by atoms with Crippen molar-refractivity contribution in [2.75, 3.05) is 36.5 Å². The zero-order chi connectivity index (χ0) is 38.8. The van der Waals surface area contributed by atoms with E-state index in [-0.39, 0.29) is 28.5 Å². The highest BCUT2D eigenvalue weighted by Crippen LogP contribution is 2.54. The van der Waals surface area contributed by atoms with Crippen LogP contribution in [-0.4, -0.2) is 88.1 Å². The molecule has 5 aromatic rings. The number of ether oxygens (including phenoxy) is 1. The van der Waals surface area contributed by atoms with Crippen LogP contribution in [0, 0.1) is 18.3 Å². The van der Waals surface area contributed by atoms with Crippen LogP contribution in [0.3, 0.4) is 0 Å². The Labute approximate surface area is 323 Å². The van der Waals surface area contributed by atoms with E-state index in [1.54, 1.807) is 46.2 Å². The highest BCUT2D eigenvalue weighted by Gasteiger charge is 2.52. The van der Waals surface area contributed by atoms with Crippen molar-refractivity contribution in [2.24, 2.45) is 11.3 Å². The summed E-state index contributed by atoms with van der Waals surface area (Å²) in [7, 11) is -3.71. The van der Waals surface area contributed by atoms with Crippen molar-refractivity contribution in [3.8, 4) is 16.9 Å². The molecule has 4 aliphatic rings. The molecule has 56 heavy (non-hydrogen) atoms. The predicted molar refractivity (Wildman–Crippen MR) is 206 cm³/mol. The summed E-state index contributed by atoms with van der Waals surface area (Å²) in [5, 5.41) is 17.0. The minimum atomic E-state index is -3.71. The van der Waals surface area contributed by atoms with Gasteiger partial charge in [0.15, 0.2) is 11.4 Å². The molecule has 16 nitrogen and oxygen atoms in total. The molecule has 17 heteroatoms. The summed E-state index contributed by atoms with van der Waals surface area (Å²) in [4.78, 5) is 45.8. The number of nitrogens with zero attached hydrogens (tertiary/aromatic N) is 6. The zero-order valence-electron chi connectivity index (χ0n) is 31.0. The van der Waals surface area contributed by atoms with Gasteiger partial charge in [0.05, 0.1) is 17.7 Å². The van der Waals surface area contributed by atoms with Gasteiger partial charge >= 0.3 is 0 Å². The maximum absolute atomic E-state index is 13.3. The highest BCUT2D eigenvalue weighted by atomic mass is 32.2. The van der Waals surface area contributed by atoms with Gasteiger partial charge in [-0.3, -0.25) is 24.8 Å². The van der Waals surface area contributed by atoms with Gasteiger partial charge in [0, 0.05) is 78.5 Å². The maximum atomic E-state index is 13.3. The molecular weight excluding hydrogens is 737 g/mol. The Bertz CT molecular complexity index is 2490. The molecule has 4 N–H and O–H groups in total. The van der Waals surface area contributed by atoms with E-state index in [4.69, 9.17) is 4.74 Å².